The molecule has 0 amide bonds. The standard InChI is InChI=1S/C13H18N6/c1-9-6-12(14)17-13(16-9)19-5-3-4-11(19)10-7-15-18(2)8-10/h6-8,11H,3-5H2,1-2H3,(H2,14,16,17). The van der Waals surface area contributed by atoms with E-state index in [0.717, 1.165) is 31.0 Å². The molecule has 1 unspecified atom stereocenters. The summed E-state index contributed by atoms with van der Waals surface area (Å²) in [6.07, 6.45) is 6.21. The third kappa shape index (κ3) is 2.25. The Morgan fingerprint density at radius 2 is 2.21 bits per heavy atom. The van der Waals surface area contributed by atoms with Gasteiger partial charge in [0.25, 0.3) is 0 Å². The normalized spacial score (nSPS) is 19.1. The third-order valence-corrected chi connectivity index (χ3v) is 3.48. The van der Waals surface area contributed by atoms with Crippen molar-refractivity contribution < 1.29 is 0 Å². The van der Waals surface area contributed by atoms with Crippen LogP contribution in [0, 0.1) is 6.92 Å². The molecule has 1 atom stereocenters. The van der Waals surface area contributed by atoms with Crippen molar-refractivity contribution in [3.63, 3.8) is 0 Å². The Morgan fingerprint density at radius 3 is 2.89 bits per heavy atom. The highest BCUT2D eigenvalue weighted by molar-refractivity contribution is 5.43. The summed E-state index contributed by atoms with van der Waals surface area (Å²) in [5.74, 6) is 1.25. The molecule has 6 heteroatoms. The van der Waals surface area contributed by atoms with Crippen molar-refractivity contribution in [3.8, 4) is 0 Å². The maximum atomic E-state index is 5.82. The van der Waals surface area contributed by atoms with Gasteiger partial charge in [0.05, 0.1) is 12.2 Å². The van der Waals surface area contributed by atoms with E-state index >= 15 is 0 Å². The fraction of sp³-hybridized carbons (Fsp3) is 0.462. The van der Waals surface area contributed by atoms with Gasteiger partial charge in [-0.2, -0.15) is 10.1 Å². The largest absolute Gasteiger partial charge is 0.384 e. The van der Waals surface area contributed by atoms with E-state index in [1.165, 1.54) is 5.56 Å². The molecule has 2 aromatic rings. The Kier molecular flexibility index (Phi) is 2.85. The molecule has 3 heterocycles. The van der Waals surface area contributed by atoms with Crippen molar-refractivity contribution in [2.45, 2.75) is 25.8 Å². The lowest BCUT2D eigenvalue weighted by Crippen LogP contribution is -2.25. The lowest BCUT2D eigenvalue weighted by Gasteiger charge is -2.24. The monoisotopic (exact) mass is 258 g/mol. The van der Waals surface area contributed by atoms with Gasteiger partial charge in [-0.1, -0.05) is 0 Å². The van der Waals surface area contributed by atoms with E-state index in [-0.39, 0.29) is 0 Å². The molecule has 1 aliphatic rings. The zero-order valence-corrected chi connectivity index (χ0v) is 11.2. The lowest BCUT2D eigenvalue weighted by molar-refractivity contribution is 0.698. The molecule has 1 fully saturated rings. The molecule has 0 bridgehead atoms. The number of anilines is 2. The van der Waals surface area contributed by atoms with Crippen molar-refractivity contribution in [1.82, 2.24) is 19.7 Å². The number of nitrogen functional groups attached to an aromatic ring is 1. The second kappa shape index (κ2) is 4.53. The van der Waals surface area contributed by atoms with Crippen LogP contribution in [0.1, 0.15) is 30.1 Å². The maximum absolute atomic E-state index is 5.82. The summed E-state index contributed by atoms with van der Waals surface area (Å²) >= 11 is 0. The van der Waals surface area contributed by atoms with Gasteiger partial charge in [-0.3, -0.25) is 4.68 Å². The van der Waals surface area contributed by atoms with Crippen LogP contribution in [0.3, 0.4) is 0 Å². The Balaban J connectivity index is 1.94. The minimum absolute atomic E-state index is 0.301. The summed E-state index contributed by atoms with van der Waals surface area (Å²) in [5, 5.41) is 4.25. The fourth-order valence-electron chi connectivity index (χ4n) is 2.67. The van der Waals surface area contributed by atoms with E-state index in [9.17, 15) is 0 Å². The van der Waals surface area contributed by atoms with E-state index in [2.05, 4.69) is 26.2 Å². The number of hydrogen-bond acceptors (Lipinski definition) is 5. The van der Waals surface area contributed by atoms with Crippen LogP contribution in [0.5, 0.6) is 0 Å². The number of hydrogen-bond donors (Lipinski definition) is 1. The SMILES string of the molecule is Cc1cc(N)nc(N2CCCC2c2cnn(C)c2)n1. The zero-order chi connectivity index (χ0) is 13.4. The Hall–Kier alpha value is -2.11. The number of nitrogens with zero attached hydrogens (tertiary/aromatic N) is 5. The molecule has 2 aromatic heterocycles. The van der Waals surface area contributed by atoms with Gasteiger partial charge in [-0.15, -0.1) is 0 Å². The Labute approximate surface area is 112 Å². The predicted octanol–water partition coefficient (Wildman–Crippen LogP) is 1.44. The predicted molar refractivity (Wildman–Crippen MR) is 73.7 cm³/mol. The van der Waals surface area contributed by atoms with Crippen LogP contribution in [0.25, 0.3) is 0 Å². The smallest absolute Gasteiger partial charge is 0.228 e. The van der Waals surface area contributed by atoms with Gasteiger partial charge in [-0.25, -0.2) is 4.98 Å². The van der Waals surface area contributed by atoms with Crippen molar-refractivity contribution in [2.75, 3.05) is 17.2 Å². The molecule has 2 N–H and O–H groups in total. The molecule has 100 valence electrons. The van der Waals surface area contributed by atoms with Gasteiger partial charge in [0.2, 0.25) is 5.95 Å². The minimum Gasteiger partial charge on any atom is -0.384 e. The average Bonchev–Trinajstić information content (AvgIpc) is 2.95. The molecule has 19 heavy (non-hydrogen) atoms. The van der Waals surface area contributed by atoms with Crippen LogP contribution in [-0.4, -0.2) is 26.3 Å². The van der Waals surface area contributed by atoms with Crippen molar-refractivity contribution in [3.05, 3.63) is 29.7 Å². The molecule has 0 radical (unpaired) electrons. The van der Waals surface area contributed by atoms with Gasteiger partial charge in [0.15, 0.2) is 0 Å². The lowest BCUT2D eigenvalue weighted by atomic mass is 10.1. The fourth-order valence-corrected chi connectivity index (χ4v) is 2.67. The van der Waals surface area contributed by atoms with Gasteiger partial charge in [0.1, 0.15) is 5.82 Å². The quantitative estimate of drug-likeness (QED) is 0.882. The molecular formula is C13H18N6. The second-order valence-electron chi connectivity index (χ2n) is 5.03. The van der Waals surface area contributed by atoms with Crippen LogP contribution in [0.15, 0.2) is 18.5 Å². The molecular weight excluding hydrogens is 240 g/mol. The molecule has 6 nitrogen and oxygen atoms in total. The molecule has 1 aliphatic heterocycles. The number of aromatic nitrogens is 4. The first-order valence-corrected chi connectivity index (χ1v) is 6.50. The van der Waals surface area contributed by atoms with Crippen molar-refractivity contribution in [1.29, 1.82) is 0 Å². The highest BCUT2D eigenvalue weighted by atomic mass is 15.3. The summed E-state index contributed by atoms with van der Waals surface area (Å²) < 4.78 is 1.83. The van der Waals surface area contributed by atoms with Gasteiger partial charge in [-0.05, 0) is 19.8 Å². The molecule has 0 aromatic carbocycles. The topological polar surface area (TPSA) is 72.9 Å². The number of nitrogens with two attached hydrogens (primary N) is 1. The van der Waals surface area contributed by atoms with Crippen molar-refractivity contribution >= 4 is 11.8 Å². The second-order valence-corrected chi connectivity index (χ2v) is 5.03. The summed E-state index contributed by atoms with van der Waals surface area (Å²) in [7, 11) is 1.93. The Bertz CT molecular complexity index is 570. The third-order valence-electron chi connectivity index (χ3n) is 3.48. The molecule has 1 saturated heterocycles. The summed E-state index contributed by atoms with van der Waals surface area (Å²) in [6.45, 7) is 2.90. The van der Waals surface area contributed by atoms with E-state index in [1.54, 1.807) is 6.07 Å². The van der Waals surface area contributed by atoms with E-state index in [0.29, 0.717) is 11.9 Å². The highest BCUT2D eigenvalue weighted by Gasteiger charge is 2.29. The number of rotatable bonds is 2. The summed E-state index contributed by atoms with van der Waals surface area (Å²) in [4.78, 5) is 11.1. The molecule has 3 rings (SSSR count). The Morgan fingerprint density at radius 1 is 1.37 bits per heavy atom. The van der Waals surface area contributed by atoms with E-state index in [4.69, 9.17) is 5.73 Å². The first-order chi connectivity index (χ1) is 9.13. The molecule has 0 saturated carbocycles. The maximum Gasteiger partial charge on any atom is 0.228 e. The van der Waals surface area contributed by atoms with Crippen LogP contribution in [0.2, 0.25) is 0 Å². The summed E-state index contributed by atoms with van der Waals surface area (Å²) in [5.41, 5.74) is 7.93. The zero-order valence-electron chi connectivity index (χ0n) is 11.2. The first-order valence-electron chi connectivity index (χ1n) is 6.50. The minimum atomic E-state index is 0.301. The van der Waals surface area contributed by atoms with Crippen LogP contribution in [-0.2, 0) is 7.05 Å². The van der Waals surface area contributed by atoms with Gasteiger partial charge in [0, 0.05) is 37.1 Å². The van der Waals surface area contributed by atoms with E-state index < -0.39 is 0 Å². The van der Waals surface area contributed by atoms with Gasteiger partial charge >= 0.3 is 0 Å². The summed E-state index contributed by atoms with van der Waals surface area (Å²) in [6, 6.07) is 2.09. The average molecular weight is 258 g/mol. The van der Waals surface area contributed by atoms with Gasteiger partial charge < -0.3 is 10.6 Å². The van der Waals surface area contributed by atoms with E-state index in [1.807, 2.05) is 24.9 Å². The van der Waals surface area contributed by atoms with Crippen molar-refractivity contribution in [2.24, 2.45) is 7.05 Å². The number of aryl methyl sites for hydroxylation is 2. The van der Waals surface area contributed by atoms with Crippen LogP contribution < -0.4 is 10.6 Å². The first kappa shape index (κ1) is 12.0. The van der Waals surface area contributed by atoms with Crippen LogP contribution in [0.4, 0.5) is 11.8 Å². The molecule has 0 aliphatic carbocycles. The molecule has 0 spiro atoms. The highest BCUT2D eigenvalue weighted by Crippen LogP contribution is 2.34. The van der Waals surface area contributed by atoms with Crippen LogP contribution >= 0.6 is 0 Å².